The number of carbonyl (C=O) groups excluding carboxylic acids is 3. The normalized spacial score (nSPS) is 13.9. The van der Waals surface area contributed by atoms with Gasteiger partial charge < -0.3 is 42.1 Å². The Kier molecular flexibility index (Phi) is 13.4. The molecule has 0 aliphatic rings. The van der Waals surface area contributed by atoms with Crippen molar-refractivity contribution in [2.75, 3.05) is 0 Å². The van der Waals surface area contributed by atoms with Crippen LogP contribution in [0.2, 0.25) is 0 Å². The van der Waals surface area contributed by atoms with Gasteiger partial charge in [-0.1, -0.05) is 26.0 Å². The minimum atomic E-state index is -1.60. The zero-order chi connectivity index (χ0) is 29.7. The maximum absolute atomic E-state index is 13.3. The molecule has 0 aliphatic carbocycles. The van der Waals surface area contributed by atoms with Crippen molar-refractivity contribution < 1.29 is 49.2 Å². The Bertz CT molecular complexity index is 1030. The van der Waals surface area contributed by atoms with Crippen LogP contribution in [0, 0.1) is 5.92 Å². The summed E-state index contributed by atoms with van der Waals surface area (Å²) in [5, 5.41) is 43.8. The Labute approximate surface area is 225 Å². The molecule has 216 valence electrons. The molecule has 4 atom stereocenters. The standard InChI is InChI=1S/C25H36N4O10/c1-13(2)11-16(26)22(35)29-19(12-14-3-5-15(30)6-4-14)24(37)27-17(7-9-20(31)32)23(36)28-18(25(38)39)8-10-21(33)34/h3-6,13,16-19,30H,7-12,26H2,1-2H3,(H,27,37)(H,28,36)(H,29,35)(H,31,32)(H,33,34)(H,38,39). The van der Waals surface area contributed by atoms with E-state index in [9.17, 15) is 39.0 Å². The lowest BCUT2D eigenvalue weighted by molar-refractivity contribution is -0.144. The molecule has 0 aromatic heterocycles. The van der Waals surface area contributed by atoms with Crippen molar-refractivity contribution in [2.24, 2.45) is 11.7 Å². The average molecular weight is 553 g/mol. The highest BCUT2D eigenvalue weighted by molar-refractivity contribution is 5.94. The van der Waals surface area contributed by atoms with Crippen LogP contribution in [0.4, 0.5) is 0 Å². The number of amides is 3. The van der Waals surface area contributed by atoms with E-state index >= 15 is 0 Å². The van der Waals surface area contributed by atoms with Gasteiger partial charge in [-0.25, -0.2) is 4.79 Å². The number of nitrogens with two attached hydrogens (primary N) is 1. The summed E-state index contributed by atoms with van der Waals surface area (Å²) in [5.41, 5.74) is 6.48. The monoisotopic (exact) mass is 552 g/mol. The number of aliphatic carboxylic acids is 3. The molecule has 14 nitrogen and oxygen atoms in total. The number of hydrogen-bond acceptors (Lipinski definition) is 8. The van der Waals surface area contributed by atoms with E-state index in [0.717, 1.165) is 0 Å². The molecule has 0 heterocycles. The fourth-order valence-electron chi connectivity index (χ4n) is 3.58. The van der Waals surface area contributed by atoms with Crippen molar-refractivity contribution in [3.63, 3.8) is 0 Å². The zero-order valence-corrected chi connectivity index (χ0v) is 21.8. The van der Waals surface area contributed by atoms with Crippen molar-refractivity contribution in [3.8, 4) is 5.75 Å². The van der Waals surface area contributed by atoms with E-state index in [4.69, 9.17) is 15.9 Å². The molecule has 0 fully saturated rings. The number of carboxylic acid groups (broad SMARTS) is 3. The van der Waals surface area contributed by atoms with Crippen molar-refractivity contribution >= 4 is 35.6 Å². The second-order valence-corrected chi connectivity index (χ2v) is 9.49. The van der Waals surface area contributed by atoms with Gasteiger partial charge in [-0.3, -0.25) is 24.0 Å². The number of benzene rings is 1. The second-order valence-electron chi connectivity index (χ2n) is 9.49. The van der Waals surface area contributed by atoms with Crippen LogP contribution < -0.4 is 21.7 Å². The predicted octanol–water partition coefficient (Wildman–Crippen LogP) is -0.423. The lowest BCUT2D eigenvalue weighted by Crippen LogP contribution is -2.57. The van der Waals surface area contributed by atoms with Crippen LogP contribution >= 0.6 is 0 Å². The second kappa shape index (κ2) is 15.9. The summed E-state index contributed by atoms with van der Waals surface area (Å²) in [5.74, 6) is -6.54. The van der Waals surface area contributed by atoms with E-state index in [1.165, 1.54) is 24.3 Å². The molecule has 0 aliphatic heterocycles. The molecule has 3 amide bonds. The highest BCUT2D eigenvalue weighted by Crippen LogP contribution is 2.13. The van der Waals surface area contributed by atoms with E-state index in [1.54, 1.807) is 0 Å². The van der Waals surface area contributed by atoms with Gasteiger partial charge in [-0.15, -0.1) is 0 Å². The molecule has 1 rings (SSSR count). The van der Waals surface area contributed by atoms with Crippen LogP contribution in [-0.4, -0.2) is 80.2 Å². The number of nitrogens with one attached hydrogen (secondary N) is 3. The molecule has 1 aromatic carbocycles. The van der Waals surface area contributed by atoms with E-state index < -0.39 is 85.5 Å². The third kappa shape index (κ3) is 12.7. The number of phenols is 1. The van der Waals surface area contributed by atoms with Gasteiger partial charge in [0.2, 0.25) is 17.7 Å². The summed E-state index contributed by atoms with van der Waals surface area (Å²) in [4.78, 5) is 72.2. The summed E-state index contributed by atoms with van der Waals surface area (Å²) in [6.07, 6.45) is -1.71. The maximum Gasteiger partial charge on any atom is 0.326 e. The van der Waals surface area contributed by atoms with Crippen molar-refractivity contribution in [1.82, 2.24) is 16.0 Å². The number of rotatable bonds is 17. The van der Waals surface area contributed by atoms with E-state index in [-0.39, 0.29) is 18.1 Å². The van der Waals surface area contributed by atoms with Crippen molar-refractivity contribution in [1.29, 1.82) is 0 Å². The minimum Gasteiger partial charge on any atom is -0.508 e. The lowest BCUT2D eigenvalue weighted by atomic mass is 10.0. The van der Waals surface area contributed by atoms with Crippen LogP contribution in [0.5, 0.6) is 5.75 Å². The smallest absolute Gasteiger partial charge is 0.326 e. The largest absolute Gasteiger partial charge is 0.508 e. The molecule has 14 heteroatoms. The fourth-order valence-corrected chi connectivity index (χ4v) is 3.58. The first-order chi connectivity index (χ1) is 18.2. The summed E-state index contributed by atoms with van der Waals surface area (Å²) in [7, 11) is 0. The van der Waals surface area contributed by atoms with Gasteiger partial charge in [-0.05, 0) is 42.9 Å². The molecule has 0 radical (unpaired) electrons. The van der Waals surface area contributed by atoms with Gasteiger partial charge in [-0.2, -0.15) is 0 Å². The summed E-state index contributed by atoms with van der Waals surface area (Å²) in [6.45, 7) is 3.72. The topological polar surface area (TPSA) is 245 Å². The van der Waals surface area contributed by atoms with Crippen LogP contribution in [0.1, 0.15) is 51.5 Å². The summed E-state index contributed by atoms with van der Waals surface area (Å²) >= 11 is 0. The van der Waals surface area contributed by atoms with Crippen LogP contribution in [0.15, 0.2) is 24.3 Å². The molecule has 4 unspecified atom stereocenters. The minimum absolute atomic E-state index is 0.0240. The molecule has 39 heavy (non-hydrogen) atoms. The van der Waals surface area contributed by atoms with Gasteiger partial charge in [0.1, 0.15) is 23.9 Å². The van der Waals surface area contributed by atoms with Crippen molar-refractivity contribution in [3.05, 3.63) is 29.8 Å². The number of aromatic hydroxyl groups is 1. The first-order valence-corrected chi connectivity index (χ1v) is 12.3. The Hall–Kier alpha value is -4.20. The number of carboxylic acids is 3. The van der Waals surface area contributed by atoms with Gasteiger partial charge in [0.25, 0.3) is 0 Å². The third-order valence-corrected chi connectivity index (χ3v) is 5.61. The van der Waals surface area contributed by atoms with E-state index in [0.29, 0.717) is 12.0 Å². The van der Waals surface area contributed by atoms with Crippen LogP contribution in [-0.2, 0) is 35.2 Å². The number of phenolic OH excluding ortho intramolecular Hbond substituents is 1. The Morgan fingerprint density at radius 1 is 0.744 bits per heavy atom. The quantitative estimate of drug-likeness (QED) is 0.123. The van der Waals surface area contributed by atoms with Crippen LogP contribution in [0.25, 0.3) is 0 Å². The number of carbonyl (C=O) groups is 6. The highest BCUT2D eigenvalue weighted by atomic mass is 16.4. The van der Waals surface area contributed by atoms with Gasteiger partial charge >= 0.3 is 17.9 Å². The third-order valence-electron chi connectivity index (χ3n) is 5.61. The zero-order valence-electron chi connectivity index (χ0n) is 21.8. The van der Waals surface area contributed by atoms with Gasteiger partial charge in [0.05, 0.1) is 6.04 Å². The molecule has 9 N–H and O–H groups in total. The van der Waals surface area contributed by atoms with Gasteiger partial charge in [0.15, 0.2) is 0 Å². The first-order valence-electron chi connectivity index (χ1n) is 12.3. The number of hydrogen-bond donors (Lipinski definition) is 8. The van der Waals surface area contributed by atoms with Gasteiger partial charge in [0, 0.05) is 19.3 Å². The van der Waals surface area contributed by atoms with E-state index in [1.807, 2.05) is 13.8 Å². The fraction of sp³-hybridized carbons (Fsp3) is 0.520. The Balaban J connectivity index is 3.16. The lowest BCUT2D eigenvalue weighted by Gasteiger charge is -2.25. The maximum atomic E-state index is 13.3. The molecular weight excluding hydrogens is 516 g/mol. The average Bonchev–Trinajstić information content (AvgIpc) is 2.83. The summed E-state index contributed by atoms with van der Waals surface area (Å²) in [6, 6.07) is 0.489. The molecule has 0 spiro atoms. The molecular formula is C25H36N4O10. The molecule has 0 saturated heterocycles. The molecule has 0 saturated carbocycles. The molecule has 1 aromatic rings. The SMILES string of the molecule is CC(C)CC(N)C(=O)NC(Cc1ccc(O)cc1)C(=O)NC(CCC(=O)O)C(=O)NC(CCC(=O)O)C(=O)O. The van der Waals surface area contributed by atoms with Crippen LogP contribution in [0.3, 0.4) is 0 Å². The molecule has 0 bridgehead atoms. The highest BCUT2D eigenvalue weighted by Gasteiger charge is 2.31. The van der Waals surface area contributed by atoms with Crippen molar-refractivity contribution in [2.45, 2.75) is 76.5 Å². The first kappa shape index (κ1) is 32.8. The Morgan fingerprint density at radius 3 is 1.69 bits per heavy atom. The summed E-state index contributed by atoms with van der Waals surface area (Å²) < 4.78 is 0. The predicted molar refractivity (Wildman–Crippen MR) is 136 cm³/mol. The van der Waals surface area contributed by atoms with E-state index in [2.05, 4.69) is 16.0 Å². The Morgan fingerprint density at radius 2 is 1.21 bits per heavy atom.